The van der Waals surface area contributed by atoms with Gasteiger partial charge in [0, 0.05) is 12.1 Å². The Labute approximate surface area is 169 Å². The number of hydrogen-bond donors (Lipinski definition) is 2. The highest BCUT2D eigenvalue weighted by molar-refractivity contribution is 7.89. The summed E-state index contributed by atoms with van der Waals surface area (Å²) in [5.41, 5.74) is 1.32. The maximum absolute atomic E-state index is 12.4. The Morgan fingerprint density at radius 2 is 1.72 bits per heavy atom. The van der Waals surface area contributed by atoms with Crippen molar-refractivity contribution in [2.75, 3.05) is 13.7 Å². The quantitative estimate of drug-likeness (QED) is 0.589. The number of hydrogen-bond acceptors (Lipinski definition) is 4. The highest BCUT2D eigenvalue weighted by atomic mass is 32.2. The number of sulfonamides is 1. The summed E-state index contributed by atoms with van der Waals surface area (Å²) < 4.78 is 31.5. The van der Waals surface area contributed by atoms with E-state index in [1.807, 2.05) is 36.4 Å². The molecule has 0 unspecified atom stereocenters. The van der Waals surface area contributed by atoms with E-state index in [1.165, 1.54) is 24.3 Å². The molecule has 0 saturated heterocycles. The van der Waals surface area contributed by atoms with Crippen molar-refractivity contribution in [1.82, 2.24) is 10.0 Å². The number of nitrogens with one attached hydrogen (secondary N) is 2. The van der Waals surface area contributed by atoms with Crippen molar-refractivity contribution >= 4 is 26.7 Å². The fraction of sp³-hybridized carbons (Fsp3) is 0.136. The number of carbonyl (C=O) groups excluding carboxylic acids is 1. The fourth-order valence-corrected chi connectivity index (χ4v) is 3.73. The SMILES string of the molecule is C#CCNS(=O)(=O)c1ccc(C(=O)NCc2ccc3cc(OC)ccc3c2)cc1. The second-order valence-corrected chi connectivity index (χ2v) is 8.05. The van der Waals surface area contributed by atoms with Gasteiger partial charge in [-0.25, -0.2) is 8.42 Å². The van der Waals surface area contributed by atoms with Gasteiger partial charge in [-0.05, 0) is 58.8 Å². The third-order valence-electron chi connectivity index (χ3n) is 4.36. The van der Waals surface area contributed by atoms with E-state index in [0.717, 1.165) is 22.1 Å². The predicted molar refractivity (Wildman–Crippen MR) is 112 cm³/mol. The largest absolute Gasteiger partial charge is 0.497 e. The van der Waals surface area contributed by atoms with Crippen molar-refractivity contribution < 1.29 is 17.9 Å². The second kappa shape index (κ2) is 8.78. The summed E-state index contributed by atoms with van der Waals surface area (Å²) in [7, 11) is -2.05. The number of terminal acetylenes is 1. The first-order valence-corrected chi connectivity index (χ1v) is 10.3. The molecule has 0 aliphatic carbocycles. The van der Waals surface area contributed by atoms with Crippen LogP contribution in [-0.4, -0.2) is 28.0 Å². The Kier molecular flexibility index (Phi) is 6.17. The highest BCUT2D eigenvalue weighted by Gasteiger charge is 2.14. The minimum absolute atomic E-state index is 0.0502. The monoisotopic (exact) mass is 408 g/mol. The summed E-state index contributed by atoms with van der Waals surface area (Å²) in [6, 6.07) is 17.4. The lowest BCUT2D eigenvalue weighted by atomic mass is 10.1. The van der Waals surface area contributed by atoms with Gasteiger partial charge in [-0.15, -0.1) is 6.42 Å². The molecule has 6 nitrogen and oxygen atoms in total. The average molecular weight is 408 g/mol. The lowest BCUT2D eigenvalue weighted by Crippen LogP contribution is -2.25. The molecule has 0 fully saturated rings. The van der Waals surface area contributed by atoms with E-state index in [9.17, 15) is 13.2 Å². The van der Waals surface area contributed by atoms with Gasteiger partial charge in [-0.3, -0.25) is 4.79 Å². The van der Waals surface area contributed by atoms with Crippen LogP contribution in [0.15, 0.2) is 65.6 Å². The van der Waals surface area contributed by atoms with Crippen molar-refractivity contribution in [2.24, 2.45) is 0 Å². The van der Waals surface area contributed by atoms with Crippen molar-refractivity contribution in [3.05, 3.63) is 71.8 Å². The number of methoxy groups -OCH3 is 1. The summed E-state index contributed by atoms with van der Waals surface area (Å²) in [5.74, 6) is 2.71. The Morgan fingerprint density at radius 3 is 2.41 bits per heavy atom. The molecule has 29 heavy (non-hydrogen) atoms. The molecule has 0 heterocycles. The molecular weight excluding hydrogens is 388 g/mol. The van der Waals surface area contributed by atoms with Crippen LogP contribution in [0.3, 0.4) is 0 Å². The van der Waals surface area contributed by atoms with Gasteiger partial charge in [-0.1, -0.05) is 24.1 Å². The van der Waals surface area contributed by atoms with Gasteiger partial charge in [0.1, 0.15) is 5.75 Å². The van der Waals surface area contributed by atoms with E-state index in [-0.39, 0.29) is 17.3 Å². The number of rotatable bonds is 7. The molecule has 0 aliphatic heterocycles. The van der Waals surface area contributed by atoms with Crippen LogP contribution in [0.5, 0.6) is 5.75 Å². The molecule has 148 valence electrons. The van der Waals surface area contributed by atoms with E-state index < -0.39 is 10.0 Å². The summed E-state index contributed by atoms with van der Waals surface area (Å²) in [5, 5.41) is 4.94. The Morgan fingerprint density at radius 1 is 1.03 bits per heavy atom. The number of ether oxygens (including phenoxy) is 1. The number of fused-ring (bicyclic) bond motifs is 1. The molecule has 0 saturated carbocycles. The molecule has 0 aromatic heterocycles. The third kappa shape index (κ3) is 4.93. The summed E-state index contributed by atoms with van der Waals surface area (Å²) in [6.45, 7) is 0.258. The molecule has 0 radical (unpaired) electrons. The van der Waals surface area contributed by atoms with E-state index in [1.54, 1.807) is 7.11 Å². The van der Waals surface area contributed by atoms with Gasteiger partial charge in [0.2, 0.25) is 10.0 Å². The molecule has 3 aromatic carbocycles. The maximum Gasteiger partial charge on any atom is 0.251 e. The smallest absolute Gasteiger partial charge is 0.251 e. The van der Waals surface area contributed by atoms with Crippen LogP contribution in [0.1, 0.15) is 15.9 Å². The highest BCUT2D eigenvalue weighted by Crippen LogP contribution is 2.22. The maximum atomic E-state index is 12.4. The average Bonchev–Trinajstić information content (AvgIpc) is 2.75. The van der Waals surface area contributed by atoms with Gasteiger partial charge in [0.05, 0.1) is 18.6 Å². The van der Waals surface area contributed by atoms with Gasteiger partial charge < -0.3 is 10.1 Å². The van der Waals surface area contributed by atoms with Crippen molar-refractivity contribution in [2.45, 2.75) is 11.4 Å². The molecule has 0 spiro atoms. The molecule has 1 amide bonds. The van der Waals surface area contributed by atoms with Crippen LogP contribution in [0, 0.1) is 12.3 Å². The van der Waals surface area contributed by atoms with Crippen LogP contribution >= 0.6 is 0 Å². The zero-order valence-corrected chi connectivity index (χ0v) is 16.6. The van der Waals surface area contributed by atoms with Crippen LogP contribution < -0.4 is 14.8 Å². The molecular formula is C22H20N2O4S. The molecule has 0 aliphatic rings. The number of benzene rings is 3. The minimum Gasteiger partial charge on any atom is -0.497 e. The molecule has 0 bridgehead atoms. The van der Waals surface area contributed by atoms with Gasteiger partial charge in [0.15, 0.2) is 0 Å². The zero-order valence-electron chi connectivity index (χ0n) is 15.8. The van der Waals surface area contributed by atoms with Crippen LogP contribution in [0.2, 0.25) is 0 Å². The molecule has 3 rings (SSSR count). The first kappa shape index (κ1) is 20.4. The molecule has 7 heteroatoms. The molecule has 3 aromatic rings. The van der Waals surface area contributed by atoms with Crippen molar-refractivity contribution in [3.63, 3.8) is 0 Å². The van der Waals surface area contributed by atoms with Gasteiger partial charge in [-0.2, -0.15) is 4.72 Å². The van der Waals surface area contributed by atoms with E-state index in [0.29, 0.717) is 12.1 Å². The number of carbonyl (C=O) groups is 1. The minimum atomic E-state index is -3.68. The lowest BCUT2D eigenvalue weighted by Gasteiger charge is -2.09. The zero-order chi connectivity index (χ0) is 20.9. The van der Waals surface area contributed by atoms with Gasteiger partial charge in [0.25, 0.3) is 5.91 Å². The van der Waals surface area contributed by atoms with Crippen LogP contribution in [0.4, 0.5) is 0 Å². The first-order chi connectivity index (χ1) is 13.9. The van der Waals surface area contributed by atoms with E-state index >= 15 is 0 Å². The van der Waals surface area contributed by atoms with Crippen LogP contribution in [0.25, 0.3) is 10.8 Å². The second-order valence-electron chi connectivity index (χ2n) is 6.28. The Hall–Kier alpha value is -3.34. The summed E-state index contributed by atoms with van der Waals surface area (Å²) in [4.78, 5) is 12.4. The lowest BCUT2D eigenvalue weighted by molar-refractivity contribution is 0.0951. The molecule has 0 atom stereocenters. The topological polar surface area (TPSA) is 84.5 Å². The fourth-order valence-electron chi connectivity index (χ4n) is 2.80. The first-order valence-electron chi connectivity index (χ1n) is 8.81. The summed E-state index contributed by atoms with van der Waals surface area (Å²) in [6.07, 6.45) is 5.07. The van der Waals surface area contributed by atoms with Gasteiger partial charge >= 0.3 is 0 Å². The van der Waals surface area contributed by atoms with E-state index in [4.69, 9.17) is 11.2 Å². The van der Waals surface area contributed by atoms with Crippen LogP contribution in [-0.2, 0) is 16.6 Å². The molecule has 2 N–H and O–H groups in total. The standard InChI is InChI=1S/C22H20N2O4S/c1-3-12-24-29(26,27)21-10-7-17(8-11-21)22(25)23-15-16-4-5-19-14-20(28-2)9-6-18(19)13-16/h1,4-11,13-14,24H,12,15H2,2H3,(H,23,25). The number of amides is 1. The summed E-state index contributed by atoms with van der Waals surface area (Å²) >= 11 is 0. The van der Waals surface area contributed by atoms with Crippen molar-refractivity contribution in [3.8, 4) is 18.1 Å². The Balaban J connectivity index is 1.66. The predicted octanol–water partition coefficient (Wildman–Crippen LogP) is 2.69. The van der Waals surface area contributed by atoms with Crippen molar-refractivity contribution in [1.29, 1.82) is 0 Å². The van der Waals surface area contributed by atoms with E-state index in [2.05, 4.69) is 16.0 Å². The normalized spacial score (nSPS) is 11.0. The third-order valence-corrected chi connectivity index (χ3v) is 5.77. The Bertz CT molecular complexity index is 1180.